The van der Waals surface area contributed by atoms with E-state index in [9.17, 15) is 0 Å². The summed E-state index contributed by atoms with van der Waals surface area (Å²) in [6, 6.07) is 0.712. The van der Waals surface area contributed by atoms with Gasteiger partial charge in [0.1, 0.15) is 0 Å². The zero-order valence-electron chi connectivity index (χ0n) is 12.7. The highest BCUT2D eigenvalue weighted by atomic mass is 15.2. The number of likely N-dealkylation sites (tertiary alicyclic amines) is 1. The van der Waals surface area contributed by atoms with Crippen molar-refractivity contribution in [2.45, 2.75) is 52.0 Å². The molecule has 0 aromatic carbocycles. The molecule has 1 aliphatic heterocycles. The van der Waals surface area contributed by atoms with Crippen LogP contribution in [-0.2, 0) is 0 Å². The molecule has 18 heavy (non-hydrogen) atoms. The highest BCUT2D eigenvalue weighted by Crippen LogP contribution is 2.08. The minimum Gasteiger partial charge on any atom is -0.315 e. The van der Waals surface area contributed by atoms with Crippen molar-refractivity contribution >= 4 is 0 Å². The molecule has 1 unspecified atom stereocenters. The van der Waals surface area contributed by atoms with Gasteiger partial charge in [0.05, 0.1) is 0 Å². The second-order valence-electron chi connectivity index (χ2n) is 5.68. The molecule has 0 aliphatic carbocycles. The van der Waals surface area contributed by atoms with Gasteiger partial charge in [-0.1, -0.05) is 20.3 Å². The maximum atomic E-state index is 3.57. The lowest BCUT2D eigenvalue weighted by Gasteiger charge is -2.30. The van der Waals surface area contributed by atoms with E-state index in [-0.39, 0.29) is 0 Å². The van der Waals surface area contributed by atoms with Crippen LogP contribution < -0.4 is 5.32 Å². The lowest BCUT2D eigenvalue weighted by atomic mass is 10.1. The molecule has 1 fully saturated rings. The molecule has 3 nitrogen and oxygen atoms in total. The minimum atomic E-state index is 0.712. The van der Waals surface area contributed by atoms with E-state index in [1.807, 2.05) is 0 Å². The molecular formula is C15H33N3. The van der Waals surface area contributed by atoms with Crippen LogP contribution in [0.5, 0.6) is 0 Å². The zero-order valence-corrected chi connectivity index (χ0v) is 12.7. The smallest absolute Gasteiger partial charge is 0.0218 e. The molecule has 1 saturated heterocycles. The van der Waals surface area contributed by atoms with Crippen LogP contribution in [0.25, 0.3) is 0 Å². The first kappa shape index (κ1) is 15.9. The first-order valence-electron chi connectivity index (χ1n) is 7.91. The van der Waals surface area contributed by atoms with Crippen LogP contribution in [0.2, 0.25) is 0 Å². The second-order valence-corrected chi connectivity index (χ2v) is 5.68. The molecule has 1 N–H and O–H groups in total. The molecule has 1 heterocycles. The maximum absolute atomic E-state index is 3.57. The number of nitrogens with one attached hydrogen (secondary N) is 1. The van der Waals surface area contributed by atoms with E-state index < -0.39 is 0 Å². The Morgan fingerprint density at radius 2 is 1.89 bits per heavy atom. The predicted octanol–water partition coefficient (Wildman–Crippen LogP) is 2.18. The van der Waals surface area contributed by atoms with Crippen molar-refractivity contribution < 1.29 is 0 Å². The lowest BCUT2D eigenvalue weighted by Crippen LogP contribution is -2.43. The average molecular weight is 255 g/mol. The Morgan fingerprint density at radius 1 is 1.17 bits per heavy atom. The van der Waals surface area contributed by atoms with Gasteiger partial charge in [0.2, 0.25) is 0 Å². The summed E-state index contributed by atoms with van der Waals surface area (Å²) in [6.45, 7) is 11.9. The first-order chi connectivity index (χ1) is 8.77. The fourth-order valence-corrected chi connectivity index (χ4v) is 2.74. The van der Waals surface area contributed by atoms with Gasteiger partial charge in [-0.15, -0.1) is 0 Å². The average Bonchev–Trinajstić information content (AvgIpc) is 2.88. The fraction of sp³-hybridized carbons (Fsp3) is 1.00. The Hall–Kier alpha value is -0.120. The quantitative estimate of drug-likeness (QED) is 0.604. The van der Waals surface area contributed by atoms with Crippen molar-refractivity contribution in [1.29, 1.82) is 0 Å². The summed E-state index contributed by atoms with van der Waals surface area (Å²) in [6.07, 6.45) is 6.64. The van der Waals surface area contributed by atoms with Crippen molar-refractivity contribution in [3.8, 4) is 0 Å². The van der Waals surface area contributed by atoms with Crippen LogP contribution in [0, 0.1) is 0 Å². The molecule has 0 spiro atoms. The third-order valence-corrected chi connectivity index (χ3v) is 4.02. The zero-order chi connectivity index (χ0) is 13.2. The van der Waals surface area contributed by atoms with Crippen molar-refractivity contribution in [3.63, 3.8) is 0 Å². The van der Waals surface area contributed by atoms with Crippen molar-refractivity contribution in [2.24, 2.45) is 0 Å². The highest BCUT2D eigenvalue weighted by molar-refractivity contribution is 4.74. The monoisotopic (exact) mass is 255 g/mol. The fourth-order valence-electron chi connectivity index (χ4n) is 2.74. The summed E-state index contributed by atoms with van der Waals surface area (Å²) < 4.78 is 0. The van der Waals surface area contributed by atoms with Gasteiger partial charge in [0.25, 0.3) is 0 Å². The molecule has 3 heteroatoms. The highest BCUT2D eigenvalue weighted by Gasteiger charge is 2.16. The van der Waals surface area contributed by atoms with Gasteiger partial charge in [0.15, 0.2) is 0 Å². The minimum absolute atomic E-state index is 0.712. The molecule has 0 saturated carbocycles. The van der Waals surface area contributed by atoms with Crippen LogP contribution in [-0.4, -0.2) is 62.2 Å². The summed E-state index contributed by atoms with van der Waals surface area (Å²) in [4.78, 5) is 5.17. The van der Waals surface area contributed by atoms with E-state index in [0.717, 1.165) is 13.1 Å². The van der Waals surface area contributed by atoms with Gasteiger partial charge in [0, 0.05) is 25.7 Å². The number of hydrogen-bond donors (Lipinski definition) is 1. The van der Waals surface area contributed by atoms with Gasteiger partial charge in [-0.25, -0.2) is 0 Å². The Labute approximate surface area is 114 Å². The van der Waals surface area contributed by atoms with Crippen LogP contribution >= 0.6 is 0 Å². The molecule has 0 radical (unpaired) electrons. The number of rotatable bonds is 10. The number of nitrogens with zero attached hydrogens (tertiary/aromatic N) is 2. The Bertz CT molecular complexity index is 190. The summed E-state index contributed by atoms with van der Waals surface area (Å²) in [5.41, 5.74) is 0. The van der Waals surface area contributed by atoms with E-state index in [1.165, 1.54) is 58.3 Å². The SMILES string of the molecule is CCCNCC(CCC)N(C)CCN1CCCC1. The lowest BCUT2D eigenvalue weighted by molar-refractivity contribution is 0.192. The Kier molecular flexibility index (Phi) is 8.64. The van der Waals surface area contributed by atoms with E-state index >= 15 is 0 Å². The van der Waals surface area contributed by atoms with Crippen molar-refractivity contribution in [3.05, 3.63) is 0 Å². The van der Waals surface area contributed by atoms with Gasteiger partial charge >= 0.3 is 0 Å². The summed E-state index contributed by atoms with van der Waals surface area (Å²) in [7, 11) is 2.30. The van der Waals surface area contributed by atoms with Gasteiger partial charge in [-0.3, -0.25) is 0 Å². The molecule has 108 valence electrons. The van der Waals surface area contributed by atoms with Gasteiger partial charge in [-0.05, 0) is 52.4 Å². The van der Waals surface area contributed by atoms with E-state index in [1.54, 1.807) is 0 Å². The number of likely N-dealkylation sites (N-methyl/N-ethyl adjacent to an activating group) is 1. The molecule has 1 aliphatic rings. The summed E-state index contributed by atoms with van der Waals surface area (Å²) >= 11 is 0. The molecular weight excluding hydrogens is 222 g/mol. The molecule has 0 bridgehead atoms. The summed E-state index contributed by atoms with van der Waals surface area (Å²) in [5.74, 6) is 0. The molecule has 0 aromatic heterocycles. The van der Waals surface area contributed by atoms with Crippen LogP contribution in [0.15, 0.2) is 0 Å². The predicted molar refractivity (Wildman–Crippen MR) is 80.2 cm³/mol. The molecule has 0 aromatic rings. The molecule has 1 atom stereocenters. The third kappa shape index (κ3) is 6.17. The Balaban J connectivity index is 2.21. The Morgan fingerprint density at radius 3 is 2.50 bits per heavy atom. The van der Waals surface area contributed by atoms with E-state index in [4.69, 9.17) is 0 Å². The first-order valence-corrected chi connectivity index (χ1v) is 7.91. The molecule has 1 rings (SSSR count). The number of hydrogen-bond acceptors (Lipinski definition) is 3. The topological polar surface area (TPSA) is 18.5 Å². The van der Waals surface area contributed by atoms with Crippen molar-refractivity contribution in [2.75, 3.05) is 46.3 Å². The normalized spacial score (nSPS) is 18.7. The van der Waals surface area contributed by atoms with Crippen LogP contribution in [0.4, 0.5) is 0 Å². The maximum Gasteiger partial charge on any atom is 0.0218 e. The van der Waals surface area contributed by atoms with Crippen molar-refractivity contribution in [1.82, 2.24) is 15.1 Å². The largest absolute Gasteiger partial charge is 0.315 e. The van der Waals surface area contributed by atoms with Gasteiger partial charge in [-0.2, -0.15) is 0 Å². The van der Waals surface area contributed by atoms with Crippen LogP contribution in [0.3, 0.4) is 0 Å². The third-order valence-electron chi connectivity index (χ3n) is 4.02. The van der Waals surface area contributed by atoms with E-state index in [2.05, 4.69) is 36.0 Å². The standard InChI is InChI=1S/C15H33N3/c1-4-8-15(14-16-9-5-2)17(3)12-13-18-10-6-7-11-18/h15-16H,4-14H2,1-3H3. The van der Waals surface area contributed by atoms with Gasteiger partial charge < -0.3 is 15.1 Å². The second kappa shape index (κ2) is 9.76. The molecule has 0 amide bonds. The van der Waals surface area contributed by atoms with E-state index in [0.29, 0.717) is 6.04 Å². The summed E-state index contributed by atoms with van der Waals surface area (Å²) in [5, 5.41) is 3.57. The van der Waals surface area contributed by atoms with Crippen LogP contribution in [0.1, 0.15) is 46.0 Å².